The zero-order valence-electron chi connectivity index (χ0n) is 17.7. The molecule has 0 spiro atoms. The number of hydrogen-bond donors (Lipinski definition) is 0. The van der Waals surface area contributed by atoms with E-state index in [1.165, 1.54) is 0 Å². The van der Waals surface area contributed by atoms with E-state index >= 15 is 0 Å². The number of aryl methyl sites for hydroxylation is 1. The Bertz CT molecular complexity index is 1450. The molecule has 1 atom stereocenters. The van der Waals surface area contributed by atoms with Crippen LogP contribution in [0.2, 0.25) is 0 Å². The van der Waals surface area contributed by atoms with Gasteiger partial charge >= 0.3 is 0 Å². The van der Waals surface area contributed by atoms with E-state index in [1.807, 2.05) is 77.0 Å². The summed E-state index contributed by atoms with van der Waals surface area (Å²) in [5, 5.41) is 8.68. The molecule has 158 valence electrons. The maximum atomic E-state index is 13.5. The van der Waals surface area contributed by atoms with E-state index in [-0.39, 0.29) is 11.9 Å². The number of benzene rings is 2. The first-order valence-electron chi connectivity index (χ1n) is 10.9. The van der Waals surface area contributed by atoms with Gasteiger partial charge in [-0.05, 0) is 62.2 Å². The molecule has 6 rings (SSSR count). The van der Waals surface area contributed by atoms with E-state index in [0.29, 0.717) is 12.1 Å². The van der Waals surface area contributed by atoms with Crippen LogP contribution in [0.4, 0.5) is 0 Å². The van der Waals surface area contributed by atoms with Gasteiger partial charge in [0, 0.05) is 24.0 Å². The molecule has 7 nitrogen and oxygen atoms in total. The maximum absolute atomic E-state index is 13.5. The molecule has 1 aliphatic heterocycles. The molecule has 1 saturated heterocycles. The smallest absolute Gasteiger partial charge is 0.254 e. The highest BCUT2D eigenvalue weighted by atomic mass is 16.2. The van der Waals surface area contributed by atoms with E-state index in [4.69, 9.17) is 4.98 Å². The standard InChI is InChI=1S/C25H22N6O/c1-17-26-20-16-18(12-13-21(20)31(17)19-8-3-2-4-9-19)25(32)29-15-7-10-22(29)24-28-27-23-11-5-6-14-30(23)24/h2-6,8-9,11-14,16,22H,7,10,15H2,1H3/t22-/m0/s1. The fourth-order valence-corrected chi connectivity index (χ4v) is 4.77. The van der Waals surface area contributed by atoms with Gasteiger partial charge in [0.1, 0.15) is 5.82 Å². The quantitative estimate of drug-likeness (QED) is 0.433. The number of pyridine rings is 1. The van der Waals surface area contributed by atoms with E-state index < -0.39 is 0 Å². The average molecular weight is 422 g/mol. The summed E-state index contributed by atoms with van der Waals surface area (Å²) in [5.74, 6) is 1.72. The lowest BCUT2D eigenvalue weighted by atomic mass is 10.1. The van der Waals surface area contributed by atoms with Crippen molar-refractivity contribution in [3.8, 4) is 5.69 Å². The minimum atomic E-state index is -0.0841. The summed E-state index contributed by atoms with van der Waals surface area (Å²) in [7, 11) is 0. The summed E-state index contributed by atoms with van der Waals surface area (Å²) in [5.41, 5.74) is 4.32. The maximum Gasteiger partial charge on any atom is 0.254 e. The summed E-state index contributed by atoms with van der Waals surface area (Å²) < 4.78 is 4.09. The van der Waals surface area contributed by atoms with Crippen molar-refractivity contribution in [2.24, 2.45) is 0 Å². The number of amides is 1. The zero-order valence-corrected chi connectivity index (χ0v) is 17.7. The molecule has 1 aliphatic rings. The Morgan fingerprint density at radius 3 is 2.72 bits per heavy atom. The average Bonchev–Trinajstić information content (AvgIpc) is 3.54. The molecule has 0 aliphatic carbocycles. The first-order chi connectivity index (χ1) is 15.7. The number of rotatable bonds is 3. The molecule has 7 heteroatoms. The third kappa shape index (κ3) is 2.89. The molecular weight excluding hydrogens is 400 g/mol. The molecule has 0 N–H and O–H groups in total. The van der Waals surface area contributed by atoms with Gasteiger partial charge in [0.05, 0.1) is 17.1 Å². The minimum Gasteiger partial charge on any atom is -0.328 e. The number of imidazole rings is 1. The lowest BCUT2D eigenvalue weighted by molar-refractivity contribution is 0.0729. The highest BCUT2D eigenvalue weighted by Crippen LogP contribution is 2.33. The molecule has 1 amide bonds. The molecule has 1 fully saturated rings. The third-order valence-electron chi connectivity index (χ3n) is 6.24. The van der Waals surface area contributed by atoms with E-state index in [9.17, 15) is 4.79 Å². The Morgan fingerprint density at radius 2 is 1.84 bits per heavy atom. The first kappa shape index (κ1) is 18.7. The molecule has 32 heavy (non-hydrogen) atoms. The molecule has 5 aromatic rings. The van der Waals surface area contributed by atoms with Crippen LogP contribution in [-0.4, -0.2) is 41.5 Å². The van der Waals surface area contributed by atoms with Crippen LogP contribution < -0.4 is 0 Å². The van der Waals surface area contributed by atoms with Gasteiger partial charge in [-0.2, -0.15) is 0 Å². The van der Waals surface area contributed by atoms with Gasteiger partial charge in [0.2, 0.25) is 0 Å². The van der Waals surface area contributed by atoms with Crippen molar-refractivity contribution < 1.29 is 4.79 Å². The molecule has 0 radical (unpaired) electrons. The van der Waals surface area contributed by atoms with Crippen molar-refractivity contribution in [2.45, 2.75) is 25.8 Å². The first-order valence-corrected chi connectivity index (χ1v) is 10.9. The van der Waals surface area contributed by atoms with Crippen molar-refractivity contribution >= 4 is 22.6 Å². The van der Waals surface area contributed by atoms with Crippen molar-refractivity contribution in [3.63, 3.8) is 0 Å². The molecule has 2 aromatic carbocycles. The van der Waals surface area contributed by atoms with Gasteiger partial charge < -0.3 is 4.90 Å². The molecule has 0 saturated carbocycles. The van der Waals surface area contributed by atoms with E-state index in [2.05, 4.69) is 26.9 Å². The largest absolute Gasteiger partial charge is 0.328 e. The number of fused-ring (bicyclic) bond motifs is 2. The fraction of sp³-hybridized carbons (Fsp3) is 0.200. The lowest BCUT2D eigenvalue weighted by Crippen LogP contribution is -2.31. The predicted octanol–water partition coefficient (Wildman–Crippen LogP) is 4.35. The molecule has 3 aromatic heterocycles. The van der Waals surface area contributed by atoms with Crippen LogP contribution in [0.1, 0.15) is 40.9 Å². The Kier molecular flexibility index (Phi) is 4.28. The van der Waals surface area contributed by atoms with Crippen LogP contribution in [0.3, 0.4) is 0 Å². The van der Waals surface area contributed by atoms with Crippen molar-refractivity contribution in [2.75, 3.05) is 6.54 Å². The summed E-state index contributed by atoms with van der Waals surface area (Å²) in [6.07, 6.45) is 3.78. The lowest BCUT2D eigenvalue weighted by Gasteiger charge is -2.23. The van der Waals surface area contributed by atoms with Crippen molar-refractivity contribution in [3.05, 3.63) is 90.1 Å². The minimum absolute atomic E-state index is 0.00833. The predicted molar refractivity (Wildman–Crippen MR) is 122 cm³/mol. The second-order valence-electron chi connectivity index (χ2n) is 8.18. The summed E-state index contributed by atoms with van der Waals surface area (Å²) >= 11 is 0. The Balaban J connectivity index is 1.36. The van der Waals surface area contributed by atoms with Crippen molar-refractivity contribution in [1.29, 1.82) is 0 Å². The number of nitrogens with zero attached hydrogens (tertiary/aromatic N) is 6. The van der Waals surface area contributed by atoms with Gasteiger partial charge in [-0.25, -0.2) is 4.98 Å². The summed E-state index contributed by atoms with van der Waals surface area (Å²) in [6.45, 7) is 2.70. The Morgan fingerprint density at radius 1 is 1.00 bits per heavy atom. The van der Waals surface area contributed by atoms with Crippen LogP contribution in [0.15, 0.2) is 72.9 Å². The van der Waals surface area contributed by atoms with Crippen LogP contribution in [0.25, 0.3) is 22.4 Å². The van der Waals surface area contributed by atoms with Crippen molar-refractivity contribution in [1.82, 2.24) is 29.0 Å². The second kappa shape index (κ2) is 7.30. The number of para-hydroxylation sites is 1. The Labute approximate surface area is 184 Å². The van der Waals surface area contributed by atoms with Gasteiger partial charge in [0.15, 0.2) is 11.5 Å². The number of carbonyl (C=O) groups excluding carboxylic acids is 1. The van der Waals surface area contributed by atoms with Crippen LogP contribution in [0, 0.1) is 6.92 Å². The highest BCUT2D eigenvalue weighted by Gasteiger charge is 2.34. The highest BCUT2D eigenvalue weighted by molar-refractivity contribution is 5.98. The van der Waals surface area contributed by atoms with Crippen LogP contribution in [-0.2, 0) is 0 Å². The van der Waals surface area contributed by atoms with Crippen LogP contribution in [0.5, 0.6) is 0 Å². The second-order valence-corrected chi connectivity index (χ2v) is 8.18. The molecule has 0 bridgehead atoms. The summed E-state index contributed by atoms with van der Waals surface area (Å²) in [6, 6.07) is 21.7. The molecule has 4 heterocycles. The SMILES string of the molecule is Cc1nc2cc(C(=O)N3CCC[C@H]3c3nnc4ccccn34)ccc2n1-c1ccccc1. The number of hydrogen-bond acceptors (Lipinski definition) is 4. The number of likely N-dealkylation sites (tertiary alicyclic amines) is 1. The molecule has 0 unspecified atom stereocenters. The number of carbonyl (C=O) groups is 1. The molecular formula is C25H22N6O. The third-order valence-corrected chi connectivity index (χ3v) is 6.24. The van der Waals surface area contributed by atoms with Crippen LogP contribution >= 0.6 is 0 Å². The van der Waals surface area contributed by atoms with E-state index in [0.717, 1.165) is 46.9 Å². The number of aromatic nitrogens is 5. The summed E-state index contributed by atoms with van der Waals surface area (Å²) in [4.78, 5) is 20.2. The Hall–Kier alpha value is -4.00. The van der Waals surface area contributed by atoms with Gasteiger partial charge in [-0.3, -0.25) is 13.8 Å². The topological polar surface area (TPSA) is 68.3 Å². The van der Waals surface area contributed by atoms with Gasteiger partial charge in [-0.1, -0.05) is 24.3 Å². The van der Waals surface area contributed by atoms with Gasteiger partial charge in [0.25, 0.3) is 5.91 Å². The van der Waals surface area contributed by atoms with E-state index in [1.54, 1.807) is 0 Å². The fourth-order valence-electron chi connectivity index (χ4n) is 4.77. The monoisotopic (exact) mass is 422 g/mol. The van der Waals surface area contributed by atoms with Gasteiger partial charge in [-0.15, -0.1) is 10.2 Å². The zero-order chi connectivity index (χ0) is 21.7. The normalized spacial score (nSPS) is 16.3.